The third kappa shape index (κ3) is 2.54. The Morgan fingerprint density at radius 2 is 2.05 bits per heavy atom. The number of pyridine rings is 1. The monoisotopic (exact) mass is 315 g/mol. The van der Waals surface area contributed by atoms with Crippen molar-refractivity contribution in [3.05, 3.63) is 47.4 Å². The predicted octanol–water partition coefficient (Wildman–Crippen LogP) is 2.28. The van der Waals surface area contributed by atoms with Gasteiger partial charge >= 0.3 is 0 Å². The van der Waals surface area contributed by atoms with Crippen LogP contribution in [0, 0.1) is 5.82 Å². The van der Waals surface area contributed by atoms with Crippen LogP contribution in [0.5, 0.6) is 0 Å². The summed E-state index contributed by atoms with van der Waals surface area (Å²) in [4.78, 5) is 3.32. The molecule has 0 amide bonds. The summed E-state index contributed by atoms with van der Waals surface area (Å²) in [7, 11) is -2.86. The zero-order valence-corrected chi connectivity index (χ0v) is 12.0. The molecule has 0 aliphatic rings. The molecule has 2 aromatic rings. The first-order valence-corrected chi connectivity index (χ1v) is 7.30. The molecule has 106 valence electrons. The van der Waals surface area contributed by atoms with Crippen LogP contribution in [0.3, 0.4) is 0 Å². The van der Waals surface area contributed by atoms with Crippen LogP contribution in [0.1, 0.15) is 0 Å². The van der Waals surface area contributed by atoms with E-state index in [0.717, 1.165) is 16.4 Å². The van der Waals surface area contributed by atoms with Gasteiger partial charge in [0.1, 0.15) is 10.7 Å². The molecule has 0 atom stereocenters. The summed E-state index contributed by atoms with van der Waals surface area (Å²) in [6, 6.07) is 6.92. The summed E-state index contributed by atoms with van der Waals surface area (Å²) >= 11 is 5.73. The maximum absolute atomic E-state index is 13.9. The summed E-state index contributed by atoms with van der Waals surface area (Å²) in [6.45, 7) is 0. The van der Waals surface area contributed by atoms with Gasteiger partial charge in [0.25, 0.3) is 10.0 Å². The van der Waals surface area contributed by atoms with Gasteiger partial charge in [-0.3, -0.25) is 4.31 Å². The Bertz CT molecular complexity index is 738. The number of nitrogen functional groups attached to an aromatic ring is 1. The molecule has 0 spiro atoms. The molecule has 0 fully saturated rings. The molecule has 8 heteroatoms. The topological polar surface area (TPSA) is 76.3 Å². The van der Waals surface area contributed by atoms with Crippen LogP contribution in [-0.2, 0) is 10.0 Å². The van der Waals surface area contributed by atoms with Crippen molar-refractivity contribution in [2.45, 2.75) is 4.90 Å². The minimum atomic E-state index is -4.14. The van der Waals surface area contributed by atoms with Gasteiger partial charge in [0.05, 0.1) is 5.69 Å². The Hall–Kier alpha value is -1.86. The molecule has 0 unspecified atom stereocenters. The Balaban J connectivity index is 2.57. The molecular weight excluding hydrogens is 305 g/mol. The fraction of sp³-hybridized carbons (Fsp3) is 0.0833. The highest BCUT2D eigenvalue weighted by atomic mass is 35.5. The SMILES string of the molecule is CN(c1ccccn1)S(=O)(=O)c1cc(Cl)cc(N)c1F. The van der Waals surface area contributed by atoms with E-state index < -0.39 is 20.7 Å². The highest BCUT2D eigenvalue weighted by Gasteiger charge is 2.27. The largest absolute Gasteiger partial charge is 0.396 e. The van der Waals surface area contributed by atoms with Gasteiger partial charge in [0, 0.05) is 18.3 Å². The van der Waals surface area contributed by atoms with E-state index in [0.29, 0.717) is 0 Å². The number of hydrogen-bond donors (Lipinski definition) is 1. The van der Waals surface area contributed by atoms with Crippen molar-refractivity contribution in [3.8, 4) is 0 Å². The standard InChI is InChI=1S/C12H11ClFN3O2S/c1-17(11-4-2-3-5-16-11)20(18,19)10-7-8(13)6-9(15)12(10)14/h2-7H,15H2,1H3. The summed E-state index contributed by atoms with van der Waals surface area (Å²) in [5.41, 5.74) is 5.07. The molecule has 0 saturated heterocycles. The predicted molar refractivity (Wildman–Crippen MR) is 75.6 cm³/mol. The molecule has 1 aromatic carbocycles. The Morgan fingerprint density at radius 1 is 1.35 bits per heavy atom. The Labute approximate surface area is 120 Å². The van der Waals surface area contributed by atoms with E-state index in [-0.39, 0.29) is 16.5 Å². The molecule has 20 heavy (non-hydrogen) atoms. The van der Waals surface area contributed by atoms with Crippen molar-refractivity contribution >= 4 is 33.1 Å². The lowest BCUT2D eigenvalue weighted by atomic mass is 10.3. The zero-order chi connectivity index (χ0) is 14.9. The maximum atomic E-state index is 13.9. The van der Waals surface area contributed by atoms with Gasteiger partial charge in [-0.2, -0.15) is 0 Å². The van der Waals surface area contributed by atoms with E-state index in [1.54, 1.807) is 12.1 Å². The fourth-order valence-corrected chi connectivity index (χ4v) is 3.14. The van der Waals surface area contributed by atoms with Crippen LogP contribution >= 0.6 is 11.6 Å². The lowest BCUT2D eigenvalue weighted by Crippen LogP contribution is -2.28. The first-order chi connectivity index (χ1) is 9.34. The van der Waals surface area contributed by atoms with Gasteiger partial charge in [-0.1, -0.05) is 17.7 Å². The number of halogens is 2. The average Bonchev–Trinajstić information content (AvgIpc) is 2.42. The smallest absolute Gasteiger partial charge is 0.268 e. The van der Waals surface area contributed by atoms with Crippen LogP contribution < -0.4 is 10.0 Å². The number of anilines is 2. The summed E-state index contributed by atoms with van der Waals surface area (Å²) in [6.07, 6.45) is 1.43. The quantitative estimate of drug-likeness (QED) is 0.882. The summed E-state index contributed by atoms with van der Waals surface area (Å²) in [5, 5.41) is 0.0388. The van der Waals surface area contributed by atoms with E-state index in [2.05, 4.69) is 4.98 Å². The van der Waals surface area contributed by atoms with E-state index in [9.17, 15) is 12.8 Å². The van der Waals surface area contributed by atoms with Crippen molar-refractivity contribution < 1.29 is 12.8 Å². The van der Waals surface area contributed by atoms with E-state index in [1.807, 2.05) is 0 Å². The number of aromatic nitrogens is 1. The second-order valence-corrected chi connectivity index (χ2v) is 6.34. The van der Waals surface area contributed by atoms with Crippen LogP contribution in [0.15, 0.2) is 41.4 Å². The third-order valence-corrected chi connectivity index (χ3v) is 4.62. The second kappa shape index (κ2) is 5.26. The second-order valence-electron chi connectivity index (χ2n) is 3.97. The minimum Gasteiger partial charge on any atom is -0.396 e. The molecule has 0 aliphatic carbocycles. The highest BCUT2D eigenvalue weighted by molar-refractivity contribution is 7.92. The molecule has 0 saturated carbocycles. The van der Waals surface area contributed by atoms with Crippen LogP contribution in [0.25, 0.3) is 0 Å². The molecule has 2 N–H and O–H groups in total. The summed E-state index contributed by atoms with van der Waals surface area (Å²) < 4.78 is 39.6. The number of benzene rings is 1. The lowest BCUT2D eigenvalue weighted by Gasteiger charge is -2.19. The first-order valence-electron chi connectivity index (χ1n) is 5.48. The van der Waals surface area contributed by atoms with Crippen molar-refractivity contribution in [2.75, 3.05) is 17.1 Å². The molecule has 1 aromatic heterocycles. The summed E-state index contributed by atoms with van der Waals surface area (Å²) in [5.74, 6) is -0.873. The normalized spacial score (nSPS) is 11.3. The molecule has 0 aliphatic heterocycles. The number of nitrogens with two attached hydrogens (primary N) is 1. The van der Waals surface area contributed by atoms with Crippen molar-refractivity contribution in [1.82, 2.24) is 4.98 Å². The van der Waals surface area contributed by atoms with Crippen LogP contribution in [-0.4, -0.2) is 20.4 Å². The molecule has 2 rings (SSSR count). The third-order valence-electron chi connectivity index (χ3n) is 2.64. The Kier molecular flexibility index (Phi) is 3.82. The van der Waals surface area contributed by atoms with Crippen molar-refractivity contribution in [1.29, 1.82) is 0 Å². The van der Waals surface area contributed by atoms with Crippen LogP contribution in [0.4, 0.5) is 15.9 Å². The first kappa shape index (κ1) is 14.5. The fourth-order valence-electron chi connectivity index (χ4n) is 1.58. The molecular formula is C12H11ClFN3O2S. The Morgan fingerprint density at radius 3 is 2.65 bits per heavy atom. The van der Waals surface area contributed by atoms with Gasteiger partial charge in [-0.25, -0.2) is 17.8 Å². The number of sulfonamides is 1. The number of nitrogens with zero attached hydrogens (tertiary/aromatic N) is 2. The van der Waals surface area contributed by atoms with E-state index in [1.165, 1.54) is 19.3 Å². The van der Waals surface area contributed by atoms with Crippen molar-refractivity contribution in [2.24, 2.45) is 0 Å². The maximum Gasteiger partial charge on any atom is 0.268 e. The van der Waals surface area contributed by atoms with Gasteiger partial charge in [0.15, 0.2) is 5.82 Å². The number of hydrogen-bond acceptors (Lipinski definition) is 4. The molecule has 0 bridgehead atoms. The van der Waals surface area contributed by atoms with Gasteiger partial charge < -0.3 is 5.73 Å². The van der Waals surface area contributed by atoms with E-state index >= 15 is 0 Å². The zero-order valence-electron chi connectivity index (χ0n) is 10.4. The highest BCUT2D eigenvalue weighted by Crippen LogP contribution is 2.28. The molecule has 5 nitrogen and oxygen atoms in total. The van der Waals surface area contributed by atoms with Gasteiger partial charge in [-0.05, 0) is 24.3 Å². The van der Waals surface area contributed by atoms with Crippen molar-refractivity contribution in [3.63, 3.8) is 0 Å². The molecule has 0 radical (unpaired) electrons. The molecule has 1 heterocycles. The minimum absolute atomic E-state index is 0.0388. The van der Waals surface area contributed by atoms with E-state index in [4.69, 9.17) is 17.3 Å². The van der Waals surface area contributed by atoms with Gasteiger partial charge in [0.2, 0.25) is 0 Å². The average molecular weight is 316 g/mol. The van der Waals surface area contributed by atoms with Crippen LogP contribution in [0.2, 0.25) is 5.02 Å². The number of rotatable bonds is 3. The lowest BCUT2D eigenvalue weighted by molar-refractivity contribution is 0.568. The van der Waals surface area contributed by atoms with Gasteiger partial charge in [-0.15, -0.1) is 0 Å².